The van der Waals surface area contributed by atoms with Gasteiger partial charge in [-0.15, -0.1) is 0 Å². The first kappa shape index (κ1) is 17.0. The zero-order valence-electron chi connectivity index (χ0n) is 14.3. The van der Waals surface area contributed by atoms with Crippen molar-refractivity contribution in [2.45, 2.75) is 38.6 Å². The predicted molar refractivity (Wildman–Crippen MR) is 100 cm³/mol. The van der Waals surface area contributed by atoms with Gasteiger partial charge in [0, 0.05) is 24.2 Å². The van der Waals surface area contributed by atoms with Crippen LogP contribution in [-0.2, 0) is 4.79 Å². The van der Waals surface area contributed by atoms with Crippen molar-refractivity contribution >= 4 is 28.9 Å². The van der Waals surface area contributed by atoms with Crippen LogP contribution in [0.5, 0.6) is 0 Å². The van der Waals surface area contributed by atoms with E-state index in [4.69, 9.17) is 0 Å². The number of hydrogen-bond donors (Lipinski definition) is 3. The second-order valence-corrected chi connectivity index (χ2v) is 6.39. The minimum absolute atomic E-state index is 0.0928. The quantitative estimate of drug-likeness (QED) is 0.770. The zero-order valence-corrected chi connectivity index (χ0v) is 14.3. The summed E-state index contributed by atoms with van der Waals surface area (Å²) in [6, 6.07) is 15.3. The summed E-state index contributed by atoms with van der Waals surface area (Å²) in [6.45, 7) is 1.46. The second kappa shape index (κ2) is 7.83. The fourth-order valence-corrected chi connectivity index (χ4v) is 3.10. The van der Waals surface area contributed by atoms with Gasteiger partial charge in [-0.3, -0.25) is 9.59 Å². The lowest BCUT2D eigenvalue weighted by Crippen LogP contribution is -2.32. The topological polar surface area (TPSA) is 70.2 Å². The third-order valence-electron chi connectivity index (χ3n) is 4.34. The molecular weight excluding hydrogens is 314 g/mol. The number of anilines is 3. The third kappa shape index (κ3) is 4.59. The average molecular weight is 337 g/mol. The Hall–Kier alpha value is -2.82. The lowest BCUT2D eigenvalue weighted by Gasteiger charge is -2.16. The summed E-state index contributed by atoms with van der Waals surface area (Å²) in [7, 11) is 0. The second-order valence-electron chi connectivity index (χ2n) is 6.39. The molecule has 130 valence electrons. The summed E-state index contributed by atoms with van der Waals surface area (Å²) < 4.78 is 0. The molecule has 0 saturated heterocycles. The Morgan fingerprint density at radius 1 is 0.960 bits per heavy atom. The van der Waals surface area contributed by atoms with Crippen LogP contribution in [0.4, 0.5) is 17.1 Å². The molecule has 2 amide bonds. The van der Waals surface area contributed by atoms with Gasteiger partial charge in [0.1, 0.15) is 0 Å². The van der Waals surface area contributed by atoms with E-state index in [1.165, 1.54) is 19.8 Å². The fourth-order valence-electron chi connectivity index (χ4n) is 3.10. The molecule has 1 fully saturated rings. The largest absolute Gasteiger partial charge is 0.354 e. The number of carbonyl (C=O) groups is 2. The highest BCUT2D eigenvalue weighted by Crippen LogP contribution is 2.27. The van der Waals surface area contributed by atoms with E-state index in [9.17, 15) is 9.59 Å². The minimum atomic E-state index is -0.176. The molecule has 5 nitrogen and oxygen atoms in total. The number of benzene rings is 2. The van der Waals surface area contributed by atoms with Crippen LogP contribution in [0.25, 0.3) is 0 Å². The molecule has 0 bridgehead atoms. The van der Waals surface area contributed by atoms with Crippen molar-refractivity contribution < 1.29 is 9.59 Å². The van der Waals surface area contributed by atoms with Crippen molar-refractivity contribution in [1.82, 2.24) is 5.32 Å². The lowest BCUT2D eigenvalue weighted by molar-refractivity contribution is -0.114. The number of hydrogen-bond acceptors (Lipinski definition) is 3. The van der Waals surface area contributed by atoms with Crippen LogP contribution >= 0.6 is 0 Å². The van der Waals surface area contributed by atoms with Crippen molar-refractivity contribution in [1.29, 1.82) is 0 Å². The van der Waals surface area contributed by atoms with Crippen LogP contribution in [-0.4, -0.2) is 17.9 Å². The summed E-state index contributed by atoms with van der Waals surface area (Å²) in [4.78, 5) is 24.0. The van der Waals surface area contributed by atoms with E-state index < -0.39 is 0 Å². The van der Waals surface area contributed by atoms with Crippen LogP contribution in [0.2, 0.25) is 0 Å². The van der Waals surface area contributed by atoms with Gasteiger partial charge in [-0.05, 0) is 43.2 Å². The predicted octanol–water partition coefficient (Wildman–Crippen LogP) is 4.06. The van der Waals surface area contributed by atoms with Gasteiger partial charge in [-0.25, -0.2) is 0 Å². The monoisotopic (exact) mass is 337 g/mol. The number of carbonyl (C=O) groups excluding carboxylic acids is 2. The molecule has 2 aromatic rings. The summed E-state index contributed by atoms with van der Waals surface area (Å²) in [5, 5.41) is 9.14. The standard InChI is InChI=1S/C20H23N3O2/c1-14(24)21-19-13-15(20(25)23-17-9-5-6-10-17)11-12-18(19)22-16-7-3-2-4-8-16/h2-4,7-8,11-13,17,22H,5-6,9-10H2,1H3,(H,21,24)(H,23,25). The molecule has 1 saturated carbocycles. The normalized spacial score (nSPS) is 14.1. The van der Waals surface area contributed by atoms with Crippen LogP contribution in [0.15, 0.2) is 48.5 Å². The Balaban J connectivity index is 1.81. The molecule has 1 aliphatic carbocycles. The van der Waals surface area contributed by atoms with Crippen molar-refractivity contribution in [3.05, 3.63) is 54.1 Å². The van der Waals surface area contributed by atoms with Crippen LogP contribution in [0.3, 0.4) is 0 Å². The molecule has 0 unspecified atom stereocenters. The number of nitrogens with one attached hydrogen (secondary N) is 3. The highest BCUT2D eigenvalue weighted by Gasteiger charge is 2.18. The molecule has 1 aliphatic rings. The molecule has 2 aromatic carbocycles. The summed E-state index contributed by atoms with van der Waals surface area (Å²) in [5.41, 5.74) is 2.81. The number of para-hydroxylation sites is 1. The van der Waals surface area contributed by atoms with E-state index in [-0.39, 0.29) is 17.9 Å². The van der Waals surface area contributed by atoms with Crippen molar-refractivity contribution in [2.75, 3.05) is 10.6 Å². The maximum absolute atomic E-state index is 12.5. The van der Waals surface area contributed by atoms with E-state index in [1.807, 2.05) is 36.4 Å². The number of amides is 2. The Bertz CT molecular complexity index is 753. The van der Waals surface area contributed by atoms with Gasteiger partial charge in [0.15, 0.2) is 0 Å². The molecular formula is C20H23N3O2. The maximum atomic E-state index is 12.5. The van der Waals surface area contributed by atoms with Crippen LogP contribution < -0.4 is 16.0 Å². The molecule has 0 aliphatic heterocycles. The van der Waals surface area contributed by atoms with Crippen molar-refractivity contribution in [3.63, 3.8) is 0 Å². The maximum Gasteiger partial charge on any atom is 0.251 e. The van der Waals surface area contributed by atoms with E-state index in [1.54, 1.807) is 12.1 Å². The number of rotatable bonds is 5. The molecule has 3 N–H and O–H groups in total. The first-order chi connectivity index (χ1) is 12.1. The van der Waals surface area contributed by atoms with Crippen LogP contribution in [0, 0.1) is 0 Å². The van der Waals surface area contributed by atoms with E-state index in [0.717, 1.165) is 24.2 Å². The average Bonchev–Trinajstić information content (AvgIpc) is 3.10. The van der Waals surface area contributed by atoms with Gasteiger partial charge in [0.05, 0.1) is 11.4 Å². The molecule has 0 heterocycles. The first-order valence-corrected chi connectivity index (χ1v) is 8.66. The smallest absolute Gasteiger partial charge is 0.251 e. The summed E-state index contributed by atoms with van der Waals surface area (Å²) in [5.74, 6) is -0.269. The first-order valence-electron chi connectivity index (χ1n) is 8.66. The molecule has 5 heteroatoms. The van der Waals surface area contributed by atoms with Gasteiger partial charge in [0.2, 0.25) is 5.91 Å². The molecule has 0 aromatic heterocycles. The van der Waals surface area contributed by atoms with E-state index in [0.29, 0.717) is 11.3 Å². The van der Waals surface area contributed by atoms with Crippen molar-refractivity contribution in [3.8, 4) is 0 Å². The summed E-state index contributed by atoms with van der Waals surface area (Å²) in [6.07, 6.45) is 4.42. The SMILES string of the molecule is CC(=O)Nc1cc(C(=O)NC2CCCC2)ccc1Nc1ccccc1. The summed E-state index contributed by atoms with van der Waals surface area (Å²) >= 11 is 0. The Kier molecular flexibility index (Phi) is 5.33. The third-order valence-corrected chi connectivity index (χ3v) is 4.34. The van der Waals surface area contributed by atoms with Gasteiger partial charge in [-0.1, -0.05) is 31.0 Å². The molecule has 0 spiro atoms. The molecule has 3 rings (SSSR count). The van der Waals surface area contributed by atoms with Crippen LogP contribution in [0.1, 0.15) is 43.0 Å². The highest BCUT2D eigenvalue weighted by molar-refractivity contribution is 5.99. The molecule has 25 heavy (non-hydrogen) atoms. The Morgan fingerprint density at radius 3 is 2.36 bits per heavy atom. The Morgan fingerprint density at radius 2 is 1.68 bits per heavy atom. The Labute approximate surface area is 147 Å². The van der Waals surface area contributed by atoms with Crippen molar-refractivity contribution in [2.24, 2.45) is 0 Å². The molecule has 0 atom stereocenters. The fraction of sp³-hybridized carbons (Fsp3) is 0.300. The minimum Gasteiger partial charge on any atom is -0.354 e. The van der Waals surface area contributed by atoms with Gasteiger partial charge < -0.3 is 16.0 Å². The molecule has 0 radical (unpaired) electrons. The lowest BCUT2D eigenvalue weighted by atomic mass is 10.1. The van der Waals surface area contributed by atoms with Gasteiger partial charge in [-0.2, -0.15) is 0 Å². The van der Waals surface area contributed by atoms with E-state index >= 15 is 0 Å². The van der Waals surface area contributed by atoms with Gasteiger partial charge >= 0.3 is 0 Å². The van der Waals surface area contributed by atoms with E-state index in [2.05, 4.69) is 16.0 Å². The highest BCUT2D eigenvalue weighted by atomic mass is 16.2. The zero-order chi connectivity index (χ0) is 17.6. The van der Waals surface area contributed by atoms with Gasteiger partial charge in [0.25, 0.3) is 5.91 Å².